The van der Waals surface area contributed by atoms with Crippen LogP contribution < -0.4 is 16.4 Å². The third-order valence-corrected chi connectivity index (χ3v) is 2.61. The van der Waals surface area contributed by atoms with Crippen LogP contribution in [0.1, 0.15) is 33.7 Å². The van der Waals surface area contributed by atoms with Gasteiger partial charge in [0.15, 0.2) is 0 Å². The number of hydrogen-bond acceptors (Lipinski definition) is 5. The fraction of sp³-hybridized carbons (Fsp3) is 0.385. The van der Waals surface area contributed by atoms with Gasteiger partial charge in [-0.3, -0.25) is 9.78 Å². The topological polar surface area (TPSA) is 123 Å². The van der Waals surface area contributed by atoms with E-state index >= 15 is 0 Å². The summed E-state index contributed by atoms with van der Waals surface area (Å²) in [6.45, 7) is 0.928. The summed E-state index contributed by atoms with van der Waals surface area (Å²) in [4.78, 5) is 37.3. The van der Waals surface area contributed by atoms with E-state index in [0.29, 0.717) is 25.9 Å². The van der Waals surface area contributed by atoms with Crippen LogP contribution in [0.25, 0.3) is 0 Å². The van der Waals surface area contributed by atoms with Crippen LogP contribution in [0.3, 0.4) is 0 Å². The Labute approximate surface area is 122 Å². The van der Waals surface area contributed by atoms with Gasteiger partial charge < -0.3 is 21.1 Å². The molecule has 0 aliphatic carbocycles. The van der Waals surface area contributed by atoms with Crippen molar-refractivity contribution in [3.8, 4) is 0 Å². The molecule has 8 heteroatoms. The molecular formula is C13H18N4O4. The standard InChI is InChI=1S/C13H18N4O4/c1-21-12(19)9-4-5-10(17-8-9)11(18)15-6-2-3-7-16-13(14)20/h4-5,8H,2-3,6-7H2,1H3,(H,15,18)(H3,14,16,20). The van der Waals surface area contributed by atoms with E-state index in [2.05, 4.69) is 20.4 Å². The second-order valence-electron chi connectivity index (χ2n) is 4.18. The van der Waals surface area contributed by atoms with Crippen molar-refractivity contribution in [3.05, 3.63) is 29.6 Å². The van der Waals surface area contributed by atoms with Gasteiger partial charge in [-0.05, 0) is 25.0 Å². The zero-order valence-electron chi connectivity index (χ0n) is 11.7. The Bertz CT molecular complexity index is 501. The maximum atomic E-state index is 11.8. The van der Waals surface area contributed by atoms with Crippen molar-refractivity contribution in [2.24, 2.45) is 5.73 Å². The molecule has 3 amide bonds. The summed E-state index contributed by atoms with van der Waals surface area (Å²) in [5.74, 6) is -0.828. The number of unbranched alkanes of at least 4 members (excludes halogenated alkanes) is 1. The first kappa shape index (κ1) is 16.4. The van der Waals surface area contributed by atoms with Gasteiger partial charge in [0.25, 0.3) is 5.91 Å². The van der Waals surface area contributed by atoms with Crippen LogP contribution in [0, 0.1) is 0 Å². The molecule has 0 spiro atoms. The summed E-state index contributed by atoms with van der Waals surface area (Å²) in [5, 5.41) is 5.15. The lowest BCUT2D eigenvalue weighted by atomic mass is 10.2. The van der Waals surface area contributed by atoms with Crippen molar-refractivity contribution in [2.75, 3.05) is 20.2 Å². The minimum atomic E-state index is -0.561. The Hall–Kier alpha value is -2.64. The molecule has 4 N–H and O–H groups in total. The van der Waals surface area contributed by atoms with Gasteiger partial charge in [-0.25, -0.2) is 9.59 Å². The Morgan fingerprint density at radius 1 is 1.19 bits per heavy atom. The molecule has 8 nitrogen and oxygen atoms in total. The van der Waals surface area contributed by atoms with Crippen LogP contribution in [-0.4, -0.2) is 43.1 Å². The lowest BCUT2D eigenvalue weighted by molar-refractivity contribution is 0.0599. The molecule has 0 radical (unpaired) electrons. The highest BCUT2D eigenvalue weighted by atomic mass is 16.5. The number of carbonyl (C=O) groups is 3. The number of nitrogens with two attached hydrogens (primary N) is 1. The van der Waals surface area contributed by atoms with Gasteiger partial charge in [-0.1, -0.05) is 0 Å². The fourth-order valence-corrected chi connectivity index (χ4v) is 1.52. The van der Waals surface area contributed by atoms with Crippen LogP contribution in [-0.2, 0) is 4.74 Å². The number of urea groups is 1. The summed E-state index contributed by atoms with van der Waals surface area (Å²) in [7, 11) is 1.27. The van der Waals surface area contributed by atoms with Crippen molar-refractivity contribution < 1.29 is 19.1 Å². The maximum Gasteiger partial charge on any atom is 0.339 e. The number of carbonyl (C=O) groups excluding carboxylic acids is 3. The van der Waals surface area contributed by atoms with E-state index in [0.717, 1.165) is 0 Å². The Morgan fingerprint density at radius 3 is 2.38 bits per heavy atom. The van der Waals surface area contributed by atoms with Crippen molar-refractivity contribution in [2.45, 2.75) is 12.8 Å². The van der Waals surface area contributed by atoms with Gasteiger partial charge in [0, 0.05) is 19.3 Å². The molecule has 0 fully saturated rings. The molecule has 0 aromatic carbocycles. The molecule has 21 heavy (non-hydrogen) atoms. The lowest BCUT2D eigenvalue weighted by Crippen LogP contribution is -2.31. The minimum Gasteiger partial charge on any atom is -0.465 e. The lowest BCUT2D eigenvalue weighted by Gasteiger charge is -2.05. The van der Waals surface area contributed by atoms with E-state index in [1.807, 2.05) is 0 Å². The number of methoxy groups -OCH3 is 1. The molecule has 0 saturated heterocycles. The van der Waals surface area contributed by atoms with Gasteiger partial charge in [0.1, 0.15) is 5.69 Å². The van der Waals surface area contributed by atoms with Crippen LogP contribution in [0.5, 0.6) is 0 Å². The Kier molecular flexibility index (Phi) is 6.66. The number of aromatic nitrogens is 1. The first-order valence-electron chi connectivity index (χ1n) is 6.40. The fourth-order valence-electron chi connectivity index (χ4n) is 1.52. The number of nitrogens with zero attached hydrogens (tertiary/aromatic N) is 1. The van der Waals surface area contributed by atoms with Crippen molar-refractivity contribution >= 4 is 17.9 Å². The molecule has 1 aromatic heterocycles. The minimum absolute atomic E-state index is 0.220. The summed E-state index contributed by atoms with van der Waals surface area (Å²) >= 11 is 0. The molecule has 0 saturated carbocycles. The third-order valence-electron chi connectivity index (χ3n) is 2.61. The summed E-state index contributed by atoms with van der Waals surface area (Å²) in [6, 6.07) is 2.37. The third kappa shape index (κ3) is 5.89. The van der Waals surface area contributed by atoms with Crippen molar-refractivity contribution in [3.63, 3.8) is 0 Å². The van der Waals surface area contributed by atoms with Gasteiger partial charge in [-0.15, -0.1) is 0 Å². The monoisotopic (exact) mass is 294 g/mol. The van der Waals surface area contributed by atoms with E-state index in [9.17, 15) is 14.4 Å². The molecule has 114 valence electrons. The van der Waals surface area contributed by atoms with E-state index in [4.69, 9.17) is 5.73 Å². The number of pyridine rings is 1. The van der Waals surface area contributed by atoms with Gasteiger partial charge in [0.05, 0.1) is 12.7 Å². The Balaban J connectivity index is 2.32. The molecule has 0 aliphatic rings. The zero-order chi connectivity index (χ0) is 15.7. The maximum absolute atomic E-state index is 11.8. The summed E-state index contributed by atoms with van der Waals surface area (Å²) in [5.41, 5.74) is 5.42. The zero-order valence-corrected chi connectivity index (χ0v) is 11.7. The highest BCUT2D eigenvalue weighted by Gasteiger charge is 2.09. The number of amides is 3. The quantitative estimate of drug-likeness (QED) is 0.484. The summed E-state index contributed by atoms with van der Waals surface area (Å²) in [6.07, 6.45) is 2.70. The van der Waals surface area contributed by atoms with Gasteiger partial charge in [0.2, 0.25) is 0 Å². The molecule has 0 aliphatic heterocycles. The molecule has 1 aromatic rings. The molecule has 1 heterocycles. The number of nitrogens with one attached hydrogen (secondary N) is 2. The average Bonchev–Trinajstić information content (AvgIpc) is 2.49. The molecule has 0 unspecified atom stereocenters. The number of rotatable bonds is 7. The summed E-state index contributed by atoms with van der Waals surface area (Å²) < 4.78 is 4.54. The first-order valence-corrected chi connectivity index (χ1v) is 6.40. The van der Waals surface area contributed by atoms with E-state index in [-0.39, 0.29) is 17.2 Å². The second-order valence-corrected chi connectivity index (χ2v) is 4.18. The number of primary amides is 1. The van der Waals surface area contributed by atoms with Crippen LogP contribution in [0.4, 0.5) is 4.79 Å². The highest BCUT2D eigenvalue weighted by molar-refractivity contribution is 5.94. The van der Waals surface area contributed by atoms with Crippen LogP contribution in [0.15, 0.2) is 18.3 Å². The van der Waals surface area contributed by atoms with E-state index in [1.165, 1.54) is 25.4 Å². The van der Waals surface area contributed by atoms with Crippen LogP contribution in [0.2, 0.25) is 0 Å². The average molecular weight is 294 g/mol. The predicted molar refractivity (Wildman–Crippen MR) is 74.7 cm³/mol. The van der Waals surface area contributed by atoms with E-state index in [1.54, 1.807) is 0 Å². The normalized spacial score (nSPS) is 9.76. The number of hydrogen-bond donors (Lipinski definition) is 3. The first-order chi connectivity index (χ1) is 10.0. The number of ether oxygens (including phenoxy) is 1. The Morgan fingerprint density at radius 2 is 1.86 bits per heavy atom. The van der Waals surface area contributed by atoms with Gasteiger partial charge in [-0.2, -0.15) is 0 Å². The number of esters is 1. The SMILES string of the molecule is COC(=O)c1ccc(C(=O)NCCCCNC(N)=O)nc1. The highest BCUT2D eigenvalue weighted by Crippen LogP contribution is 2.02. The predicted octanol–water partition coefficient (Wildman–Crippen LogP) is 0.0465. The van der Waals surface area contributed by atoms with Crippen molar-refractivity contribution in [1.29, 1.82) is 0 Å². The smallest absolute Gasteiger partial charge is 0.339 e. The molecule has 1 rings (SSSR count). The van der Waals surface area contributed by atoms with Crippen molar-refractivity contribution in [1.82, 2.24) is 15.6 Å². The molecule has 0 atom stereocenters. The second kappa shape index (κ2) is 8.51. The molecular weight excluding hydrogens is 276 g/mol. The van der Waals surface area contributed by atoms with Crippen LogP contribution >= 0.6 is 0 Å². The largest absolute Gasteiger partial charge is 0.465 e. The van der Waals surface area contributed by atoms with Gasteiger partial charge >= 0.3 is 12.0 Å². The molecule has 0 bridgehead atoms. The van der Waals surface area contributed by atoms with E-state index < -0.39 is 12.0 Å².